The zero-order valence-corrected chi connectivity index (χ0v) is 7.33. The summed E-state index contributed by atoms with van der Waals surface area (Å²) in [6.07, 6.45) is 0.766. The van der Waals surface area contributed by atoms with Gasteiger partial charge in [0, 0.05) is 5.92 Å². The lowest BCUT2D eigenvalue weighted by Gasteiger charge is -2.05. The molecule has 68 valence electrons. The van der Waals surface area contributed by atoms with Crippen molar-refractivity contribution in [3.8, 4) is 0 Å². The molecule has 0 unspecified atom stereocenters. The molecular formula is C8H12O4. The summed E-state index contributed by atoms with van der Waals surface area (Å²) in [6, 6.07) is 0. The number of allylic oxidation sites excluding steroid dienone is 1. The van der Waals surface area contributed by atoms with E-state index in [0.29, 0.717) is 0 Å². The van der Waals surface area contributed by atoms with E-state index in [1.807, 2.05) is 0 Å². The van der Waals surface area contributed by atoms with Crippen molar-refractivity contribution < 1.29 is 19.4 Å². The lowest BCUT2D eigenvalue weighted by Crippen LogP contribution is -2.13. The summed E-state index contributed by atoms with van der Waals surface area (Å²) >= 11 is 0. The van der Waals surface area contributed by atoms with Gasteiger partial charge in [-0.2, -0.15) is 0 Å². The van der Waals surface area contributed by atoms with Gasteiger partial charge in [0.15, 0.2) is 11.5 Å². The molecule has 0 aromatic heterocycles. The fourth-order valence-corrected chi connectivity index (χ4v) is 0.627. The van der Waals surface area contributed by atoms with Gasteiger partial charge >= 0.3 is 5.97 Å². The van der Waals surface area contributed by atoms with Crippen LogP contribution in [0.4, 0.5) is 0 Å². The van der Waals surface area contributed by atoms with Crippen LogP contribution < -0.4 is 0 Å². The first-order chi connectivity index (χ1) is 5.49. The zero-order valence-electron chi connectivity index (χ0n) is 7.33. The number of hydrogen-bond donors (Lipinski definition) is 1. The smallest absolute Gasteiger partial charge is 0.332 e. The molecule has 0 aliphatic rings. The van der Waals surface area contributed by atoms with E-state index in [4.69, 9.17) is 5.11 Å². The summed E-state index contributed by atoms with van der Waals surface area (Å²) in [5, 5.41) is 8.34. The number of carboxylic acid groups (broad SMARTS) is 1. The highest BCUT2D eigenvalue weighted by Crippen LogP contribution is 2.05. The van der Waals surface area contributed by atoms with Crippen LogP contribution in [0.2, 0.25) is 0 Å². The van der Waals surface area contributed by atoms with Gasteiger partial charge in [-0.3, -0.25) is 4.79 Å². The van der Waals surface area contributed by atoms with E-state index in [1.165, 1.54) is 7.11 Å². The van der Waals surface area contributed by atoms with Gasteiger partial charge in [0.05, 0.1) is 13.2 Å². The first-order valence-electron chi connectivity index (χ1n) is 3.51. The lowest BCUT2D eigenvalue weighted by atomic mass is 10.1. The van der Waals surface area contributed by atoms with Gasteiger partial charge in [-0.25, -0.2) is 4.79 Å². The average Bonchev–Trinajstić information content (AvgIpc) is 1.98. The summed E-state index contributed by atoms with van der Waals surface area (Å²) in [5.41, 5.74) is 0. The van der Waals surface area contributed by atoms with Gasteiger partial charge in [-0.1, -0.05) is 13.8 Å². The van der Waals surface area contributed by atoms with Crippen molar-refractivity contribution in [1.29, 1.82) is 0 Å². The van der Waals surface area contributed by atoms with E-state index >= 15 is 0 Å². The number of carbonyl (C=O) groups excluding carboxylic acids is 1. The summed E-state index contributed by atoms with van der Waals surface area (Å²) in [6.45, 7) is 3.36. The first-order valence-corrected chi connectivity index (χ1v) is 3.51. The van der Waals surface area contributed by atoms with Crippen LogP contribution in [-0.2, 0) is 14.3 Å². The number of rotatable bonds is 4. The molecule has 0 bridgehead atoms. The molecule has 0 fully saturated rings. The molecule has 1 N–H and O–H groups in total. The van der Waals surface area contributed by atoms with E-state index in [9.17, 15) is 9.59 Å². The minimum Gasteiger partial charge on any atom is -0.493 e. The molecule has 4 nitrogen and oxygen atoms in total. The van der Waals surface area contributed by atoms with E-state index in [0.717, 1.165) is 6.08 Å². The van der Waals surface area contributed by atoms with Crippen molar-refractivity contribution in [2.24, 2.45) is 5.92 Å². The number of ether oxygens (including phenoxy) is 1. The highest BCUT2D eigenvalue weighted by Gasteiger charge is 2.14. The number of ketones is 1. The highest BCUT2D eigenvalue weighted by molar-refractivity contribution is 5.99. The number of aliphatic carboxylic acids is 1. The maximum Gasteiger partial charge on any atom is 0.332 e. The van der Waals surface area contributed by atoms with Crippen LogP contribution >= 0.6 is 0 Å². The second-order valence-corrected chi connectivity index (χ2v) is 2.57. The Labute approximate surface area is 70.8 Å². The van der Waals surface area contributed by atoms with Crippen molar-refractivity contribution in [2.45, 2.75) is 13.8 Å². The molecule has 0 aromatic carbocycles. The van der Waals surface area contributed by atoms with Crippen LogP contribution in [-0.4, -0.2) is 24.0 Å². The molecule has 0 spiro atoms. The van der Waals surface area contributed by atoms with Gasteiger partial charge in [0.2, 0.25) is 0 Å². The monoisotopic (exact) mass is 172 g/mol. The number of carboxylic acids is 1. The predicted molar refractivity (Wildman–Crippen MR) is 42.6 cm³/mol. The summed E-state index contributed by atoms with van der Waals surface area (Å²) < 4.78 is 4.61. The maximum atomic E-state index is 11.2. The van der Waals surface area contributed by atoms with Crippen molar-refractivity contribution in [3.63, 3.8) is 0 Å². The van der Waals surface area contributed by atoms with E-state index in [1.54, 1.807) is 13.8 Å². The molecule has 12 heavy (non-hydrogen) atoms. The van der Waals surface area contributed by atoms with Crippen LogP contribution in [0.3, 0.4) is 0 Å². The quantitative estimate of drug-likeness (QED) is 0.503. The molecule has 0 aliphatic heterocycles. The Kier molecular flexibility index (Phi) is 4.04. The highest BCUT2D eigenvalue weighted by atomic mass is 16.5. The second kappa shape index (κ2) is 4.54. The molecule has 0 aliphatic carbocycles. The van der Waals surface area contributed by atoms with Crippen molar-refractivity contribution in [2.75, 3.05) is 7.11 Å². The molecule has 0 rings (SSSR count). The third-order valence-electron chi connectivity index (χ3n) is 1.24. The zero-order chi connectivity index (χ0) is 9.72. The largest absolute Gasteiger partial charge is 0.493 e. The minimum absolute atomic E-state index is 0.113. The Balaban J connectivity index is 4.56. The summed E-state index contributed by atoms with van der Waals surface area (Å²) in [7, 11) is 1.27. The third kappa shape index (κ3) is 3.18. The lowest BCUT2D eigenvalue weighted by molar-refractivity contribution is -0.132. The van der Waals surface area contributed by atoms with Crippen LogP contribution in [0.5, 0.6) is 0 Å². The molecule has 0 saturated heterocycles. The summed E-state index contributed by atoms with van der Waals surface area (Å²) in [5.74, 6) is -1.85. The fraction of sp³-hybridized carbons (Fsp3) is 0.500. The molecule has 0 radical (unpaired) electrons. The molecule has 0 aromatic rings. The van der Waals surface area contributed by atoms with E-state index in [2.05, 4.69) is 4.74 Å². The van der Waals surface area contributed by atoms with Crippen molar-refractivity contribution >= 4 is 11.8 Å². The van der Waals surface area contributed by atoms with Crippen molar-refractivity contribution in [3.05, 3.63) is 11.8 Å². The van der Waals surface area contributed by atoms with Gasteiger partial charge in [-0.05, 0) is 0 Å². The van der Waals surface area contributed by atoms with Crippen LogP contribution in [0.15, 0.2) is 11.8 Å². The predicted octanol–water partition coefficient (Wildman–Crippen LogP) is 0.826. The minimum atomic E-state index is -1.18. The van der Waals surface area contributed by atoms with E-state index in [-0.39, 0.29) is 17.5 Å². The first kappa shape index (κ1) is 10.7. The van der Waals surface area contributed by atoms with E-state index < -0.39 is 5.97 Å². The second-order valence-electron chi connectivity index (χ2n) is 2.57. The number of Topliss-reactive ketones (excluding diaryl/α,β-unsaturated/α-hetero) is 1. The molecule has 0 saturated carbocycles. The number of methoxy groups -OCH3 is 1. The van der Waals surface area contributed by atoms with Crippen molar-refractivity contribution in [1.82, 2.24) is 0 Å². The number of hydrogen-bond acceptors (Lipinski definition) is 3. The van der Waals surface area contributed by atoms with Gasteiger partial charge < -0.3 is 9.84 Å². The van der Waals surface area contributed by atoms with Crippen LogP contribution in [0.1, 0.15) is 13.8 Å². The van der Waals surface area contributed by atoms with Gasteiger partial charge in [0.25, 0.3) is 0 Å². The standard InChI is InChI=1S/C8H12O4/c1-5(2)8(11)6(12-3)4-7(9)10/h4-5H,1-3H3,(H,9,10)/b6-4-. The SMILES string of the molecule is CO/C(=C\C(=O)O)C(=O)C(C)C. The normalized spacial score (nSPS) is 11.5. The van der Waals surface area contributed by atoms with Crippen LogP contribution in [0, 0.1) is 5.92 Å². The Morgan fingerprint density at radius 2 is 1.92 bits per heavy atom. The Morgan fingerprint density at radius 1 is 1.42 bits per heavy atom. The molecule has 0 atom stereocenters. The maximum absolute atomic E-state index is 11.2. The van der Waals surface area contributed by atoms with Crippen LogP contribution in [0.25, 0.3) is 0 Å². The fourth-order valence-electron chi connectivity index (χ4n) is 0.627. The van der Waals surface area contributed by atoms with Gasteiger partial charge in [-0.15, -0.1) is 0 Å². The average molecular weight is 172 g/mol. The van der Waals surface area contributed by atoms with Gasteiger partial charge in [0.1, 0.15) is 0 Å². The third-order valence-corrected chi connectivity index (χ3v) is 1.24. The molecule has 0 heterocycles. The topological polar surface area (TPSA) is 63.6 Å². The molecule has 0 amide bonds. The Bertz CT molecular complexity index is 215. The Hall–Kier alpha value is -1.32. The number of carbonyl (C=O) groups is 2. The molecule has 4 heteroatoms. The Morgan fingerprint density at radius 3 is 2.17 bits per heavy atom. The molecular weight excluding hydrogens is 160 g/mol. The summed E-state index contributed by atoms with van der Waals surface area (Å²) in [4.78, 5) is 21.3.